The first kappa shape index (κ1) is 26.8. The van der Waals surface area contributed by atoms with E-state index in [9.17, 15) is 13.6 Å². The SMILES string of the molecule is CC.C[CH-]C.[CH2-]C([CH2-])N1CCC(NC(C)=O)C(F)(F)C1.[K+]. The van der Waals surface area contributed by atoms with Crippen molar-refractivity contribution in [2.45, 2.75) is 59.0 Å². The van der Waals surface area contributed by atoms with Crippen LogP contribution in [0.3, 0.4) is 0 Å². The average molecular weight is 331 g/mol. The number of carbonyl (C=O) groups excluding carboxylic acids is 1. The summed E-state index contributed by atoms with van der Waals surface area (Å²) in [5.41, 5.74) is 0. The predicted molar refractivity (Wildman–Crippen MR) is 80.2 cm³/mol. The summed E-state index contributed by atoms with van der Waals surface area (Å²) in [6, 6.07) is -1.45. The van der Waals surface area contributed by atoms with E-state index in [2.05, 4.69) is 19.2 Å². The van der Waals surface area contributed by atoms with Gasteiger partial charge in [-0.2, -0.15) is 13.8 Å². The van der Waals surface area contributed by atoms with Crippen LogP contribution >= 0.6 is 0 Å². The van der Waals surface area contributed by atoms with Gasteiger partial charge in [0.25, 0.3) is 5.92 Å². The van der Waals surface area contributed by atoms with Crippen LogP contribution in [0.2, 0.25) is 0 Å². The van der Waals surface area contributed by atoms with Crippen LogP contribution in [0.25, 0.3) is 0 Å². The van der Waals surface area contributed by atoms with Gasteiger partial charge in [0.05, 0.1) is 12.6 Å². The number of hydrogen-bond donors (Lipinski definition) is 1. The number of piperidine rings is 1. The number of halogens is 2. The van der Waals surface area contributed by atoms with Crippen molar-refractivity contribution in [3.63, 3.8) is 0 Å². The molecule has 0 saturated carbocycles. The van der Waals surface area contributed by atoms with Crippen molar-refractivity contribution in [1.82, 2.24) is 10.2 Å². The topological polar surface area (TPSA) is 32.3 Å². The Morgan fingerprint density at radius 1 is 1.38 bits per heavy atom. The maximum absolute atomic E-state index is 13.5. The summed E-state index contributed by atoms with van der Waals surface area (Å²) in [5.74, 6) is -3.33. The Morgan fingerprint density at radius 3 is 2.10 bits per heavy atom. The molecule has 1 N–H and O–H groups in total. The second kappa shape index (κ2) is 14.5. The van der Waals surface area contributed by atoms with Crippen LogP contribution in [0.1, 0.15) is 41.0 Å². The van der Waals surface area contributed by atoms with Crippen LogP contribution in [0.5, 0.6) is 0 Å². The number of hydrogen-bond acceptors (Lipinski definition) is 2. The molecule has 1 heterocycles. The number of carbonyl (C=O) groups is 1. The summed E-state index contributed by atoms with van der Waals surface area (Å²) < 4.78 is 27.1. The van der Waals surface area contributed by atoms with Crippen LogP contribution in [-0.2, 0) is 4.79 Å². The molecule has 0 aromatic rings. The van der Waals surface area contributed by atoms with Gasteiger partial charge < -0.3 is 30.5 Å². The Labute approximate surface area is 172 Å². The Balaban J connectivity index is -0.000000479. The Kier molecular flexibility index (Phi) is 18.5. The molecular weight excluding hydrogens is 301 g/mol. The number of nitrogens with zero attached hydrogens (tertiary/aromatic N) is 1. The second-order valence-electron chi connectivity index (χ2n) is 4.50. The third kappa shape index (κ3) is 12.1. The van der Waals surface area contributed by atoms with E-state index in [1.54, 1.807) is 0 Å². The van der Waals surface area contributed by atoms with E-state index in [4.69, 9.17) is 0 Å². The molecule has 1 amide bonds. The summed E-state index contributed by atoms with van der Waals surface area (Å²) >= 11 is 0. The zero-order valence-corrected chi connectivity index (χ0v) is 17.5. The van der Waals surface area contributed by atoms with E-state index in [1.165, 1.54) is 11.8 Å². The Hall–Kier alpha value is 0.926. The molecule has 6 heteroatoms. The van der Waals surface area contributed by atoms with Crippen LogP contribution < -0.4 is 56.7 Å². The van der Waals surface area contributed by atoms with E-state index in [0.717, 1.165) is 0 Å². The summed E-state index contributed by atoms with van der Waals surface area (Å²) in [6.45, 7) is 16.6. The molecule has 0 aromatic carbocycles. The molecule has 1 aliphatic heterocycles. The van der Waals surface area contributed by atoms with Crippen molar-refractivity contribution in [2.24, 2.45) is 0 Å². The number of likely N-dealkylation sites (tertiary alicyclic amines) is 1. The van der Waals surface area contributed by atoms with Gasteiger partial charge >= 0.3 is 51.4 Å². The van der Waals surface area contributed by atoms with Crippen molar-refractivity contribution in [1.29, 1.82) is 0 Å². The molecule has 0 spiro atoms. The zero-order valence-electron chi connectivity index (χ0n) is 14.4. The summed E-state index contributed by atoms with van der Waals surface area (Å²) in [7, 11) is 0. The van der Waals surface area contributed by atoms with Gasteiger partial charge in [-0.25, -0.2) is 14.8 Å². The molecule has 1 saturated heterocycles. The largest absolute Gasteiger partial charge is 1.00 e. The van der Waals surface area contributed by atoms with Crippen LogP contribution in [-0.4, -0.2) is 41.9 Å². The van der Waals surface area contributed by atoms with E-state index < -0.39 is 24.4 Å². The minimum atomic E-state index is -2.91. The molecule has 1 aliphatic rings. The van der Waals surface area contributed by atoms with Gasteiger partial charge in [0.2, 0.25) is 5.91 Å². The monoisotopic (exact) mass is 330 g/mol. The third-order valence-corrected chi connectivity index (χ3v) is 2.52. The molecule has 3 nitrogen and oxygen atoms in total. The minimum absolute atomic E-state index is 0. The molecule has 1 unspecified atom stereocenters. The molecule has 21 heavy (non-hydrogen) atoms. The number of rotatable bonds is 2. The van der Waals surface area contributed by atoms with Gasteiger partial charge in [0, 0.05) is 6.92 Å². The van der Waals surface area contributed by atoms with E-state index in [1.807, 2.05) is 34.1 Å². The fourth-order valence-corrected chi connectivity index (χ4v) is 1.70. The first-order valence-electron chi connectivity index (χ1n) is 7.03. The first-order valence-corrected chi connectivity index (χ1v) is 7.03. The van der Waals surface area contributed by atoms with Crippen molar-refractivity contribution in [3.8, 4) is 0 Å². The molecule has 0 aliphatic carbocycles. The number of amides is 1. The quantitative estimate of drug-likeness (QED) is 0.577. The average Bonchev–Trinajstić information content (AvgIpc) is 2.34. The molecule has 0 aromatic heterocycles. The van der Waals surface area contributed by atoms with E-state index >= 15 is 0 Å². The molecule has 0 radical (unpaired) electrons. The molecule has 1 fully saturated rings. The van der Waals surface area contributed by atoms with Crippen molar-refractivity contribution in [2.75, 3.05) is 13.1 Å². The van der Waals surface area contributed by atoms with Crippen molar-refractivity contribution < 1.29 is 65.0 Å². The Bertz CT molecular complexity index is 264. The van der Waals surface area contributed by atoms with Crippen molar-refractivity contribution >= 4 is 5.91 Å². The fourth-order valence-electron chi connectivity index (χ4n) is 1.70. The second-order valence-corrected chi connectivity index (χ2v) is 4.50. The van der Waals surface area contributed by atoms with Crippen LogP contribution in [0.4, 0.5) is 8.78 Å². The smallest absolute Gasteiger partial charge is 0.356 e. The number of alkyl halides is 2. The molecule has 1 atom stereocenters. The maximum atomic E-state index is 13.5. The van der Waals surface area contributed by atoms with E-state index in [-0.39, 0.29) is 63.8 Å². The predicted octanol–water partition coefficient (Wildman–Crippen LogP) is 0.130. The Morgan fingerprint density at radius 2 is 1.81 bits per heavy atom. The van der Waals surface area contributed by atoms with Gasteiger partial charge in [0.1, 0.15) is 0 Å². The van der Waals surface area contributed by atoms with E-state index in [0.29, 0.717) is 6.54 Å². The normalized spacial score (nSPS) is 20.2. The standard InChI is InChI=1S/C10H16F2N2O.C3H7.C2H6.K/c1-7(2)14-5-4-9(13-8(3)15)10(11,12)6-14;1-3-2;1-2;/h7,9H,1-2,4-6H2,3H3,(H,13,15);3H,1-2H3;1-2H3;/q-2;-1;;+1. The third-order valence-electron chi connectivity index (χ3n) is 2.52. The molecule has 1 rings (SSSR count). The van der Waals surface area contributed by atoms with Gasteiger partial charge in [-0.1, -0.05) is 13.8 Å². The summed E-state index contributed by atoms with van der Waals surface area (Å²) in [5, 5.41) is 2.28. The summed E-state index contributed by atoms with van der Waals surface area (Å²) in [6.07, 6.45) is 2.23. The zero-order chi connectivity index (χ0) is 16.3. The van der Waals surface area contributed by atoms with Crippen LogP contribution in [0, 0.1) is 20.3 Å². The molecule has 122 valence electrons. The van der Waals surface area contributed by atoms with Gasteiger partial charge in [-0.05, 0) is 13.0 Å². The minimum Gasteiger partial charge on any atom is -0.356 e. The van der Waals surface area contributed by atoms with Crippen LogP contribution in [0.15, 0.2) is 0 Å². The van der Waals surface area contributed by atoms with Gasteiger partial charge in [-0.3, -0.25) is 4.79 Å². The molecular formula is C15H29F2KN2O-2. The van der Waals surface area contributed by atoms with Crippen molar-refractivity contribution in [3.05, 3.63) is 20.3 Å². The fraction of sp³-hybridized carbons (Fsp3) is 0.733. The first-order chi connectivity index (χ1) is 9.24. The van der Waals surface area contributed by atoms with Gasteiger partial charge in [-0.15, -0.1) is 0 Å². The molecule has 0 bridgehead atoms. The summed E-state index contributed by atoms with van der Waals surface area (Å²) in [4.78, 5) is 12.2. The van der Waals surface area contributed by atoms with Gasteiger partial charge in [0.15, 0.2) is 0 Å². The maximum Gasteiger partial charge on any atom is 1.00 e. The number of nitrogens with one attached hydrogen (secondary N) is 1.